The molecular formula is C12H13N5. The fourth-order valence-electron chi connectivity index (χ4n) is 1.80. The molecule has 0 radical (unpaired) electrons. The molecule has 17 heavy (non-hydrogen) atoms. The van der Waals surface area contributed by atoms with Crippen molar-refractivity contribution in [3.63, 3.8) is 0 Å². The lowest BCUT2D eigenvalue weighted by Crippen LogP contribution is -2.04. The summed E-state index contributed by atoms with van der Waals surface area (Å²) in [5.74, 6) is 0. The third-order valence-electron chi connectivity index (χ3n) is 2.62. The number of nitriles is 1. The second-order valence-electron chi connectivity index (χ2n) is 3.72. The summed E-state index contributed by atoms with van der Waals surface area (Å²) in [5, 5.41) is 16.7. The molecule has 0 fully saturated rings. The summed E-state index contributed by atoms with van der Waals surface area (Å²) < 4.78 is 1.59. The predicted molar refractivity (Wildman–Crippen MR) is 63.7 cm³/mol. The average Bonchev–Trinajstić information content (AvgIpc) is 2.73. The highest BCUT2D eigenvalue weighted by Gasteiger charge is 2.14. The van der Waals surface area contributed by atoms with Gasteiger partial charge in [0.1, 0.15) is 12.2 Å². The molecule has 2 rings (SSSR count). The van der Waals surface area contributed by atoms with Crippen LogP contribution in [0.5, 0.6) is 0 Å². The third-order valence-corrected chi connectivity index (χ3v) is 2.62. The number of aryl methyl sites for hydroxylation is 1. The molecule has 0 aliphatic rings. The first-order chi connectivity index (χ1) is 8.27. The van der Waals surface area contributed by atoms with Crippen LogP contribution in [0.25, 0.3) is 11.3 Å². The van der Waals surface area contributed by atoms with E-state index < -0.39 is 0 Å². The average molecular weight is 227 g/mol. The van der Waals surface area contributed by atoms with Gasteiger partial charge in [-0.3, -0.25) is 0 Å². The molecule has 0 aliphatic heterocycles. The molecule has 86 valence electrons. The maximum Gasteiger partial charge on any atom is 0.130 e. The van der Waals surface area contributed by atoms with E-state index in [1.807, 2.05) is 31.2 Å². The van der Waals surface area contributed by atoms with Gasteiger partial charge >= 0.3 is 0 Å². The first-order valence-corrected chi connectivity index (χ1v) is 5.33. The smallest absolute Gasteiger partial charge is 0.130 e. The molecule has 5 heteroatoms. The number of benzene rings is 1. The van der Waals surface area contributed by atoms with Crippen LogP contribution >= 0.6 is 0 Å². The fourth-order valence-corrected chi connectivity index (χ4v) is 1.80. The van der Waals surface area contributed by atoms with Gasteiger partial charge in [0, 0.05) is 12.1 Å². The molecule has 1 heterocycles. The lowest BCUT2D eigenvalue weighted by Gasteiger charge is -2.07. The van der Waals surface area contributed by atoms with Gasteiger partial charge in [-0.2, -0.15) is 5.26 Å². The van der Waals surface area contributed by atoms with Crippen LogP contribution in [0.3, 0.4) is 0 Å². The minimum atomic E-state index is 0.177. The van der Waals surface area contributed by atoms with Gasteiger partial charge in [0.2, 0.25) is 0 Å². The van der Waals surface area contributed by atoms with Crippen LogP contribution < -0.4 is 5.73 Å². The topological polar surface area (TPSA) is 80.5 Å². The standard InChI is InChI=1S/C12H13N5/c1-9-4-2-3-5-10(9)12-11(8-14)15-16-17(12)7-6-13/h2-5H,7-8,14H2,1H3. The Morgan fingerprint density at radius 2 is 2.18 bits per heavy atom. The zero-order valence-corrected chi connectivity index (χ0v) is 9.59. The number of nitrogens with two attached hydrogens (primary N) is 1. The monoisotopic (exact) mass is 227 g/mol. The van der Waals surface area contributed by atoms with Crippen molar-refractivity contribution in [3.8, 4) is 17.3 Å². The Morgan fingerprint density at radius 3 is 2.82 bits per heavy atom. The lowest BCUT2D eigenvalue weighted by atomic mass is 10.0. The van der Waals surface area contributed by atoms with E-state index in [0.717, 1.165) is 22.5 Å². The normalized spacial score (nSPS) is 10.2. The van der Waals surface area contributed by atoms with E-state index in [-0.39, 0.29) is 6.54 Å². The highest BCUT2D eigenvalue weighted by atomic mass is 15.4. The van der Waals surface area contributed by atoms with Crippen LogP contribution in [0.2, 0.25) is 0 Å². The van der Waals surface area contributed by atoms with Crippen molar-refractivity contribution in [2.45, 2.75) is 20.0 Å². The summed E-state index contributed by atoms with van der Waals surface area (Å²) in [6, 6.07) is 9.99. The minimum absolute atomic E-state index is 0.177. The number of nitrogens with zero attached hydrogens (tertiary/aromatic N) is 4. The van der Waals surface area contributed by atoms with E-state index in [1.54, 1.807) is 4.68 Å². The summed E-state index contributed by atoms with van der Waals surface area (Å²) in [5.41, 5.74) is 9.34. The zero-order valence-electron chi connectivity index (χ0n) is 9.59. The maximum absolute atomic E-state index is 8.77. The van der Waals surface area contributed by atoms with Crippen LogP contribution in [0.15, 0.2) is 24.3 Å². The molecule has 5 nitrogen and oxygen atoms in total. The van der Waals surface area contributed by atoms with Gasteiger partial charge in [0.15, 0.2) is 0 Å². The molecular weight excluding hydrogens is 214 g/mol. The molecule has 2 aromatic rings. The molecule has 1 aromatic carbocycles. The van der Waals surface area contributed by atoms with Crippen LogP contribution in [0, 0.1) is 18.3 Å². The number of rotatable bonds is 3. The van der Waals surface area contributed by atoms with E-state index in [4.69, 9.17) is 11.0 Å². The van der Waals surface area contributed by atoms with Gasteiger partial charge in [0.25, 0.3) is 0 Å². The molecule has 0 spiro atoms. The number of hydrogen-bond donors (Lipinski definition) is 1. The molecule has 0 saturated heterocycles. The maximum atomic E-state index is 8.77. The molecule has 0 aliphatic carbocycles. The highest BCUT2D eigenvalue weighted by molar-refractivity contribution is 5.65. The fraction of sp³-hybridized carbons (Fsp3) is 0.250. The highest BCUT2D eigenvalue weighted by Crippen LogP contribution is 2.25. The Labute approximate surface area is 99.5 Å². The molecule has 0 unspecified atom stereocenters. The summed E-state index contributed by atoms with van der Waals surface area (Å²) in [4.78, 5) is 0. The van der Waals surface area contributed by atoms with Crippen molar-refractivity contribution < 1.29 is 0 Å². The van der Waals surface area contributed by atoms with Crippen molar-refractivity contribution in [3.05, 3.63) is 35.5 Å². The predicted octanol–water partition coefficient (Wildman–Crippen LogP) is 1.24. The van der Waals surface area contributed by atoms with Crippen LogP contribution in [0.1, 0.15) is 11.3 Å². The van der Waals surface area contributed by atoms with Gasteiger partial charge in [-0.15, -0.1) is 5.10 Å². The molecule has 0 amide bonds. The van der Waals surface area contributed by atoms with E-state index in [2.05, 4.69) is 16.4 Å². The Morgan fingerprint density at radius 1 is 1.41 bits per heavy atom. The van der Waals surface area contributed by atoms with Crippen molar-refractivity contribution in [2.24, 2.45) is 5.73 Å². The van der Waals surface area contributed by atoms with E-state index in [9.17, 15) is 0 Å². The molecule has 0 bridgehead atoms. The second kappa shape index (κ2) is 4.76. The Balaban J connectivity index is 2.61. The van der Waals surface area contributed by atoms with Crippen molar-refractivity contribution in [2.75, 3.05) is 0 Å². The number of aromatic nitrogens is 3. The van der Waals surface area contributed by atoms with Crippen LogP contribution in [-0.4, -0.2) is 15.0 Å². The Hall–Kier alpha value is -2.19. The van der Waals surface area contributed by atoms with Crippen molar-refractivity contribution in [1.82, 2.24) is 15.0 Å². The zero-order chi connectivity index (χ0) is 12.3. The SMILES string of the molecule is Cc1ccccc1-c1c(CN)nnn1CC#N. The number of hydrogen-bond acceptors (Lipinski definition) is 4. The molecule has 1 aromatic heterocycles. The first-order valence-electron chi connectivity index (χ1n) is 5.33. The summed E-state index contributed by atoms with van der Waals surface area (Å²) in [7, 11) is 0. The van der Waals surface area contributed by atoms with E-state index in [1.165, 1.54) is 0 Å². The second-order valence-corrected chi connectivity index (χ2v) is 3.72. The summed E-state index contributed by atoms with van der Waals surface area (Å²) in [6.45, 7) is 2.51. The van der Waals surface area contributed by atoms with Crippen LogP contribution in [0.4, 0.5) is 0 Å². The van der Waals surface area contributed by atoms with E-state index >= 15 is 0 Å². The largest absolute Gasteiger partial charge is 0.325 e. The quantitative estimate of drug-likeness (QED) is 0.855. The van der Waals surface area contributed by atoms with Gasteiger partial charge in [0.05, 0.1) is 11.8 Å². The van der Waals surface area contributed by atoms with Gasteiger partial charge in [-0.1, -0.05) is 29.5 Å². The van der Waals surface area contributed by atoms with Gasteiger partial charge < -0.3 is 5.73 Å². The van der Waals surface area contributed by atoms with Crippen LogP contribution in [-0.2, 0) is 13.1 Å². The van der Waals surface area contributed by atoms with Crippen molar-refractivity contribution in [1.29, 1.82) is 5.26 Å². The van der Waals surface area contributed by atoms with Gasteiger partial charge in [-0.05, 0) is 12.5 Å². The van der Waals surface area contributed by atoms with Gasteiger partial charge in [-0.25, -0.2) is 4.68 Å². The summed E-state index contributed by atoms with van der Waals surface area (Å²) >= 11 is 0. The Kier molecular flexibility index (Phi) is 3.17. The molecule has 2 N–H and O–H groups in total. The first kappa shape index (κ1) is 11.3. The van der Waals surface area contributed by atoms with E-state index in [0.29, 0.717) is 6.54 Å². The van der Waals surface area contributed by atoms with Crippen molar-refractivity contribution >= 4 is 0 Å². The summed E-state index contributed by atoms with van der Waals surface area (Å²) in [6.07, 6.45) is 0. The minimum Gasteiger partial charge on any atom is -0.325 e. The lowest BCUT2D eigenvalue weighted by molar-refractivity contribution is 0.673. The molecule has 0 saturated carbocycles. The third kappa shape index (κ3) is 2.03. The molecule has 0 atom stereocenters. The Bertz CT molecular complexity index is 565.